The van der Waals surface area contributed by atoms with Gasteiger partial charge in [0.2, 0.25) is 0 Å². The van der Waals surface area contributed by atoms with Crippen LogP contribution in [-0.4, -0.2) is 9.55 Å². The Morgan fingerprint density at radius 3 is 2.29 bits per heavy atom. The minimum Gasteiger partial charge on any atom is -0.440 e. The molecule has 1 fully saturated rings. The lowest BCUT2D eigenvalue weighted by atomic mass is 9.89. The summed E-state index contributed by atoms with van der Waals surface area (Å²) >= 11 is 0. The number of hydrogen-bond donors (Lipinski definition) is 0. The van der Waals surface area contributed by atoms with Gasteiger partial charge in [0.1, 0.15) is 11.2 Å². The molecule has 1 saturated carbocycles. The third-order valence-electron chi connectivity index (χ3n) is 8.21. The summed E-state index contributed by atoms with van der Waals surface area (Å²) in [5, 5.41) is 0. The molecule has 2 heterocycles. The normalized spacial score (nSPS) is 14.5. The second kappa shape index (κ2) is 9.29. The molecule has 0 aliphatic heterocycles. The average Bonchev–Trinajstić information content (AvgIpc) is 3.54. The first-order chi connectivity index (χ1) is 18.7. The number of para-hydroxylation sites is 2. The van der Waals surface area contributed by atoms with Gasteiger partial charge in [-0.15, -0.1) is 0 Å². The van der Waals surface area contributed by atoms with Gasteiger partial charge in [0.05, 0.1) is 12.6 Å². The van der Waals surface area contributed by atoms with E-state index in [1.165, 1.54) is 59.8 Å². The fourth-order valence-electron chi connectivity index (χ4n) is 6.21. The zero-order valence-electron chi connectivity index (χ0n) is 22.0. The maximum Gasteiger partial charge on any atom is 0.297 e. The van der Waals surface area contributed by atoms with Gasteiger partial charge in [0.25, 0.3) is 5.82 Å². The number of aromatic nitrogens is 3. The van der Waals surface area contributed by atoms with E-state index in [-0.39, 0.29) is 0 Å². The van der Waals surface area contributed by atoms with Crippen LogP contribution in [0.3, 0.4) is 0 Å². The fourth-order valence-corrected chi connectivity index (χ4v) is 6.21. The third kappa shape index (κ3) is 3.75. The molecule has 2 aromatic heterocycles. The highest BCUT2D eigenvalue weighted by atomic mass is 16.3. The van der Waals surface area contributed by atoms with Crippen LogP contribution in [0.1, 0.15) is 49.5 Å². The molecule has 4 heteroatoms. The van der Waals surface area contributed by atoms with Gasteiger partial charge >= 0.3 is 0 Å². The molecule has 4 aromatic carbocycles. The van der Waals surface area contributed by atoms with Gasteiger partial charge in [-0.3, -0.25) is 0 Å². The van der Waals surface area contributed by atoms with Gasteiger partial charge in [0.15, 0.2) is 22.5 Å². The van der Waals surface area contributed by atoms with E-state index in [1.54, 1.807) is 0 Å². The van der Waals surface area contributed by atoms with Crippen LogP contribution in [0.2, 0.25) is 0 Å². The second-order valence-corrected chi connectivity index (χ2v) is 10.6. The topological polar surface area (TPSA) is 34.8 Å². The summed E-state index contributed by atoms with van der Waals surface area (Å²) in [6.45, 7) is 2.18. The summed E-state index contributed by atoms with van der Waals surface area (Å²) < 4.78 is 11.1. The number of rotatable bonds is 4. The number of benzene rings is 4. The van der Waals surface area contributed by atoms with E-state index in [0.717, 1.165) is 34.1 Å². The highest BCUT2D eigenvalue weighted by molar-refractivity contribution is 5.92. The van der Waals surface area contributed by atoms with Crippen LogP contribution >= 0.6 is 0 Å². The Morgan fingerprint density at radius 2 is 1.50 bits per heavy atom. The van der Waals surface area contributed by atoms with Crippen LogP contribution in [0.4, 0.5) is 0 Å². The van der Waals surface area contributed by atoms with Crippen molar-refractivity contribution in [1.82, 2.24) is 9.55 Å². The molecule has 0 saturated heterocycles. The van der Waals surface area contributed by atoms with Crippen LogP contribution in [-0.2, 0) is 7.05 Å². The maximum absolute atomic E-state index is 6.42. The molecule has 0 amide bonds. The number of nitrogens with zero attached hydrogens (tertiary/aromatic N) is 3. The summed E-state index contributed by atoms with van der Waals surface area (Å²) in [7, 11) is 2.16. The Hall–Kier alpha value is -4.18. The first-order valence-corrected chi connectivity index (χ1v) is 13.7. The lowest BCUT2D eigenvalue weighted by molar-refractivity contribution is -0.633. The Labute approximate surface area is 223 Å². The van der Waals surface area contributed by atoms with Crippen molar-refractivity contribution >= 4 is 22.1 Å². The van der Waals surface area contributed by atoms with Gasteiger partial charge in [-0.2, -0.15) is 4.57 Å². The molecule has 0 bridgehead atoms. The first kappa shape index (κ1) is 23.0. The van der Waals surface area contributed by atoms with Crippen molar-refractivity contribution in [3.63, 3.8) is 0 Å². The Kier molecular flexibility index (Phi) is 5.61. The third-order valence-corrected chi connectivity index (χ3v) is 8.21. The summed E-state index contributed by atoms with van der Waals surface area (Å²) in [5.74, 6) is 2.45. The molecule has 0 spiro atoms. The van der Waals surface area contributed by atoms with Crippen molar-refractivity contribution in [2.75, 3.05) is 0 Å². The average molecular weight is 499 g/mol. The number of fused-ring (bicyclic) bond motifs is 2. The van der Waals surface area contributed by atoms with E-state index in [1.807, 2.05) is 0 Å². The molecule has 38 heavy (non-hydrogen) atoms. The predicted molar refractivity (Wildman–Crippen MR) is 153 cm³/mol. The molecule has 7 rings (SSSR count). The largest absolute Gasteiger partial charge is 0.440 e. The summed E-state index contributed by atoms with van der Waals surface area (Å²) in [5.41, 5.74) is 10.1. The van der Waals surface area contributed by atoms with Crippen LogP contribution in [0.25, 0.3) is 50.3 Å². The van der Waals surface area contributed by atoms with Crippen molar-refractivity contribution in [2.45, 2.75) is 44.9 Å². The lowest BCUT2D eigenvalue weighted by Crippen LogP contribution is -2.30. The number of oxazole rings is 1. The molecule has 1 aliphatic rings. The van der Waals surface area contributed by atoms with Crippen LogP contribution in [0.5, 0.6) is 0 Å². The van der Waals surface area contributed by atoms with Gasteiger partial charge in [0, 0.05) is 5.92 Å². The second-order valence-electron chi connectivity index (χ2n) is 10.6. The molecular formula is C34H32N3O+. The van der Waals surface area contributed by atoms with Crippen molar-refractivity contribution < 1.29 is 8.98 Å². The number of aryl methyl sites for hydroxylation is 2. The van der Waals surface area contributed by atoms with E-state index in [9.17, 15) is 0 Å². The molecule has 0 N–H and O–H groups in total. The highest BCUT2D eigenvalue weighted by Crippen LogP contribution is 2.38. The molecule has 6 aromatic rings. The summed E-state index contributed by atoms with van der Waals surface area (Å²) in [4.78, 5) is 5.18. The van der Waals surface area contributed by atoms with Gasteiger partial charge in [-0.1, -0.05) is 79.9 Å². The molecule has 4 nitrogen and oxygen atoms in total. The quantitative estimate of drug-likeness (QED) is 0.229. The lowest BCUT2D eigenvalue weighted by Gasteiger charge is -2.17. The Morgan fingerprint density at radius 1 is 0.789 bits per heavy atom. The van der Waals surface area contributed by atoms with Gasteiger partial charge in [-0.05, 0) is 66.8 Å². The zero-order valence-corrected chi connectivity index (χ0v) is 22.0. The molecule has 0 radical (unpaired) electrons. The fraction of sp³-hybridized carbons (Fsp3) is 0.235. The minimum atomic E-state index is 0.425. The molecular weight excluding hydrogens is 466 g/mol. The predicted octanol–water partition coefficient (Wildman–Crippen LogP) is 8.29. The van der Waals surface area contributed by atoms with Crippen LogP contribution in [0, 0.1) is 6.92 Å². The Balaban J connectivity index is 1.45. The number of imidazole rings is 1. The summed E-state index contributed by atoms with van der Waals surface area (Å²) in [6.07, 6.45) is 6.18. The van der Waals surface area contributed by atoms with Gasteiger partial charge in [-0.25, -0.2) is 9.55 Å². The van der Waals surface area contributed by atoms with E-state index in [0.29, 0.717) is 5.92 Å². The van der Waals surface area contributed by atoms with Crippen molar-refractivity contribution in [2.24, 2.45) is 7.05 Å². The van der Waals surface area contributed by atoms with Crippen molar-refractivity contribution in [1.29, 1.82) is 0 Å². The molecule has 1 aliphatic carbocycles. The van der Waals surface area contributed by atoms with Crippen molar-refractivity contribution in [3.8, 4) is 28.2 Å². The first-order valence-electron chi connectivity index (χ1n) is 13.7. The number of hydrogen-bond acceptors (Lipinski definition) is 2. The minimum absolute atomic E-state index is 0.425. The molecule has 0 unspecified atom stereocenters. The van der Waals surface area contributed by atoms with Crippen LogP contribution < -0.4 is 4.57 Å². The van der Waals surface area contributed by atoms with E-state index in [2.05, 4.69) is 114 Å². The van der Waals surface area contributed by atoms with Crippen molar-refractivity contribution in [3.05, 3.63) is 102 Å². The van der Waals surface area contributed by atoms with E-state index >= 15 is 0 Å². The maximum atomic E-state index is 6.42. The smallest absolute Gasteiger partial charge is 0.297 e. The van der Waals surface area contributed by atoms with E-state index < -0.39 is 0 Å². The zero-order chi connectivity index (χ0) is 25.6. The monoisotopic (exact) mass is 498 g/mol. The highest BCUT2D eigenvalue weighted by Gasteiger charge is 2.31. The van der Waals surface area contributed by atoms with E-state index in [4.69, 9.17) is 9.40 Å². The van der Waals surface area contributed by atoms with Gasteiger partial charge < -0.3 is 4.42 Å². The summed E-state index contributed by atoms with van der Waals surface area (Å²) in [6, 6.07) is 32.3. The standard InChI is InChI=1S/C34H32N3O/c1-23-17-22-30-32(35-33(38-30)26-13-7-4-8-14-26)31(23)34-36(2)28-15-9-10-16-29(28)37(34)27-20-18-25(19-21-27)24-11-5-3-6-12-24/h3,5-6,9-12,15-22,26H,4,7-8,13-14H2,1-2H3/q+1. The molecule has 0 atom stereocenters. The molecule has 188 valence electrons. The van der Waals surface area contributed by atoms with Crippen LogP contribution in [0.15, 0.2) is 95.4 Å². The Bertz CT molecular complexity index is 1750. The SMILES string of the molecule is Cc1ccc2oc(C3CCCCC3)nc2c1-c1n(-c2ccc(-c3ccccc3)cc2)c2ccccc2[n+]1C.